The van der Waals surface area contributed by atoms with Gasteiger partial charge in [0.15, 0.2) is 6.54 Å². The quantitative estimate of drug-likeness (QED) is 0.0347. The Morgan fingerprint density at radius 3 is 1.37 bits per heavy atom. The zero-order valence-electron chi connectivity index (χ0n) is 28.5. The first kappa shape index (κ1) is 32.7. The Bertz CT molecular complexity index is 1670. The molecule has 6 rings (SSSR count). The minimum absolute atomic E-state index is 0.790. The molecular formula is C40H54N3O3+. The summed E-state index contributed by atoms with van der Waals surface area (Å²) in [4.78, 5) is 0. The lowest BCUT2D eigenvalue weighted by Crippen LogP contribution is -2.37. The Morgan fingerprint density at radius 2 is 0.891 bits per heavy atom. The third-order valence-corrected chi connectivity index (χ3v) is 9.49. The van der Waals surface area contributed by atoms with Crippen LogP contribution in [0.2, 0.25) is 0 Å². The van der Waals surface area contributed by atoms with Crippen molar-refractivity contribution in [2.45, 2.75) is 98.2 Å². The Labute approximate surface area is 274 Å². The van der Waals surface area contributed by atoms with E-state index in [0.29, 0.717) is 0 Å². The number of benzene rings is 3. The van der Waals surface area contributed by atoms with E-state index >= 15 is 0 Å². The van der Waals surface area contributed by atoms with Crippen LogP contribution >= 0.6 is 0 Å². The number of nitrogens with zero attached hydrogens (tertiary/aromatic N) is 3. The van der Waals surface area contributed by atoms with Crippen LogP contribution in [0, 0.1) is 0 Å². The Morgan fingerprint density at radius 1 is 0.478 bits per heavy atom. The molecule has 0 spiro atoms. The SMILES string of the molecule is CCCCOCCCn1c2cccc3c2-c2c4c1cccc4[n+](CCCOCCCC)c1cccc(c21)n3CCCOCCCC. The summed E-state index contributed by atoms with van der Waals surface area (Å²) in [6.07, 6.45) is 9.86. The van der Waals surface area contributed by atoms with E-state index in [4.69, 9.17) is 14.2 Å². The average Bonchev–Trinajstić information content (AvgIpc) is 3.08. The molecule has 6 nitrogen and oxygen atoms in total. The van der Waals surface area contributed by atoms with Crippen molar-refractivity contribution in [3.63, 3.8) is 0 Å². The third kappa shape index (κ3) is 6.62. The second kappa shape index (κ2) is 16.1. The molecule has 3 heterocycles. The monoisotopic (exact) mass is 624 g/mol. The summed E-state index contributed by atoms with van der Waals surface area (Å²) in [6.45, 7) is 14.4. The van der Waals surface area contributed by atoms with Crippen LogP contribution in [-0.2, 0) is 33.8 Å². The fourth-order valence-corrected chi connectivity index (χ4v) is 7.21. The first-order valence-electron chi connectivity index (χ1n) is 18.1. The second-order valence-corrected chi connectivity index (χ2v) is 12.8. The molecule has 246 valence electrons. The van der Waals surface area contributed by atoms with Crippen molar-refractivity contribution < 1.29 is 18.8 Å². The number of ether oxygens (including phenoxy) is 3. The zero-order chi connectivity index (χ0) is 31.7. The molecule has 0 unspecified atom stereocenters. The number of hydrogen-bond acceptors (Lipinski definition) is 3. The summed E-state index contributed by atoms with van der Waals surface area (Å²) < 4.78 is 25.8. The molecule has 4 aromatic rings. The van der Waals surface area contributed by atoms with Crippen LogP contribution in [0.3, 0.4) is 0 Å². The van der Waals surface area contributed by atoms with Gasteiger partial charge >= 0.3 is 0 Å². The highest BCUT2D eigenvalue weighted by molar-refractivity contribution is 6.24. The highest BCUT2D eigenvalue weighted by Crippen LogP contribution is 2.47. The molecule has 2 aliphatic rings. The fraction of sp³-hybridized carbons (Fsp3) is 0.525. The topological polar surface area (TPSA) is 41.4 Å². The van der Waals surface area contributed by atoms with E-state index in [1.165, 1.54) is 74.3 Å². The lowest BCUT2D eigenvalue weighted by atomic mass is 9.89. The largest absolute Gasteiger partial charge is 0.381 e. The Kier molecular flexibility index (Phi) is 11.4. The van der Waals surface area contributed by atoms with Crippen molar-refractivity contribution in [1.29, 1.82) is 0 Å². The minimum Gasteiger partial charge on any atom is -0.381 e. The summed E-state index contributed by atoms with van der Waals surface area (Å²) in [7, 11) is 0. The highest BCUT2D eigenvalue weighted by atomic mass is 16.5. The maximum Gasteiger partial charge on any atom is 0.215 e. The van der Waals surface area contributed by atoms with Crippen molar-refractivity contribution in [2.24, 2.45) is 0 Å². The highest BCUT2D eigenvalue weighted by Gasteiger charge is 2.31. The zero-order valence-corrected chi connectivity index (χ0v) is 28.5. The van der Waals surface area contributed by atoms with Gasteiger partial charge in [0.1, 0.15) is 0 Å². The summed E-state index contributed by atoms with van der Waals surface area (Å²) in [5, 5.41) is 2.76. The van der Waals surface area contributed by atoms with Gasteiger partial charge in [-0.15, -0.1) is 0 Å². The van der Waals surface area contributed by atoms with E-state index in [1.807, 2.05) is 0 Å². The van der Waals surface area contributed by atoms with Crippen LogP contribution in [0.25, 0.3) is 55.0 Å². The smallest absolute Gasteiger partial charge is 0.215 e. The third-order valence-electron chi connectivity index (χ3n) is 9.49. The van der Waals surface area contributed by atoms with Gasteiger partial charge < -0.3 is 23.3 Å². The predicted octanol–water partition coefficient (Wildman–Crippen LogP) is 9.35. The molecule has 0 N–H and O–H groups in total. The van der Waals surface area contributed by atoms with Gasteiger partial charge in [-0.1, -0.05) is 58.2 Å². The maximum absolute atomic E-state index is 6.02. The number of hydrogen-bond donors (Lipinski definition) is 0. The van der Waals surface area contributed by atoms with Gasteiger partial charge in [0, 0.05) is 75.8 Å². The van der Waals surface area contributed by atoms with Gasteiger partial charge in [-0.2, -0.15) is 4.57 Å². The first-order valence-corrected chi connectivity index (χ1v) is 18.1. The predicted molar refractivity (Wildman–Crippen MR) is 191 cm³/mol. The molecule has 0 atom stereocenters. The van der Waals surface area contributed by atoms with Crippen LogP contribution in [0.1, 0.15) is 78.6 Å². The average molecular weight is 625 g/mol. The molecule has 0 fully saturated rings. The molecule has 0 bridgehead atoms. The molecule has 0 radical (unpaired) electrons. The van der Waals surface area contributed by atoms with E-state index in [9.17, 15) is 0 Å². The summed E-state index contributed by atoms with van der Waals surface area (Å²) in [5.74, 6) is 0. The molecule has 3 aromatic carbocycles. The van der Waals surface area contributed by atoms with Crippen LogP contribution < -0.4 is 4.57 Å². The van der Waals surface area contributed by atoms with Gasteiger partial charge in [0.05, 0.1) is 39.4 Å². The molecule has 0 saturated carbocycles. The van der Waals surface area contributed by atoms with Crippen LogP contribution in [0.5, 0.6) is 0 Å². The summed E-state index contributed by atoms with van der Waals surface area (Å²) in [5.41, 5.74) is 10.7. The van der Waals surface area contributed by atoms with Crippen LogP contribution in [-0.4, -0.2) is 48.8 Å². The van der Waals surface area contributed by atoms with E-state index in [2.05, 4.69) is 89.1 Å². The van der Waals surface area contributed by atoms with Crippen molar-refractivity contribution in [1.82, 2.24) is 9.13 Å². The molecule has 1 aromatic heterocycles. The van der Waals surface area contributed by atoms with Crippen molar-refractivity contribution in [2.75, 3.05) is 39.6 Å². The molecule has 46 heavy (non-hydrogen) atoms. The number of aromatic nitrogens is 3. The van der Waals surface area contributed by atoms with E-state index in [-0.39, 0.29) is 0 Å². The lowest BCUT2D eigenvalue weighted by molar-refractivity contribution is -0.646. The van der Waals surface area contributed by atoms with Crippen molar-refractivity contribution >= 4 is 43.9 Å². The number of rotatable bonds is 21. The van der Waals surface area contributed by atoms with E-state index in [1.54, 1.807) is 0 Å². The van der Waals surface area contributed by atoms with Gasteiger partial charge in [-0.25, -0.2) is 0 Å². The Hall–Kier alpha value is -3.19. The standard InChI is InChI=1S/C40H54N3O3/c1-4-7-25-44-28-13-22-41-31-16-10-18-33-37(31)40-38-32(41)17-11-19-34(38)43(24-15-30-46-27-9-6-3)36-21-12-20-35(39(36)40)42(33)23-14-29-45-26-8-5-2/h10-12,16-21H,4-9,13-15,22-30H2,1-3H3/q+1. The maximum atomic E-state index is 6.02. The van der Waals surface area contributed by atoms with Gasteiger partial charge in [0.2, 0.25) is 11.0 Å². The first-order chi connectivity index (χ1) is 22.8. The normalized spacial score (nSPS) is 12.3. The minimum atomic E-state index is 0.790. The summed E-state index contributed by atoms with van der Waals surface area (Å²) in [6, 6.07) is 20.7. The van der Waals surface area contributed by atoms with Crippen LogP contribution in [0.15, 0.2) is 54.6 Å². The van der Waals surface area contributed by atoms with Gasteiger partial charge in [-0.05, 0) is 56.4 Å². The molecule has 2 aliphatic heterocycles. The molecule has 0 aliphatic carbocycles. The van der Waals surface area contributed by atoms with Crippen LogP contribution in [0.4, 0.5) is 0 Å². The van der Waals surface area contributed by atoms with Gasteiger partial charge in [-0.3, -0.25) is 0 Å². The molecular weight excluding hydrogens is 570 g/mol. The Balaban J connectivity index is 1.50. The number of pyridine rings is 3. The summed E-state index contributed by atoms with van der Waals surface area (Å²) >= 11 is 0. The van der Waals surface area contributed by atoms with E-state index in [0.717, 1.165) is 97.8 Å². The van der Waals surface area contributed by atoms with E-state index < -0.39 is 0 Å². The van der Waals surface area contributed by atoms with Gasteiger partial charge in [0.25, 0.3) is 0 Å². The van der Waals surface area contributed by atoms with Crippen molar-refractivity contribution in [3.8, 4) is 11.1 Å². The number of unbranched alkanes of at least 4 members (excludes halogenated alkanes) is 3. The molecule has 0 amide bonds. The molecule has 6 heteroatoms. The van der Waals surface area contributed by atoms with Crippen molar-refractivity contribution in [3.05, 3.63) is 54.6 Å². The number of aryl methyl sites for hydroxylation is 3. The molecule has 0 saturated heterocycles. The second-order valence-electron chi connectivity index (χ2n) is 12.8. The lowest BCUT2D eigenvalue weighted by Gasteiger charge is -2.28. The fourth-order valence-electron chi connectivity index (χ4n) is 7.21.